The van der Waals surface area contributed by atoms with Crippen molar-refractivity contribution in [3.8, 4) is 0 Å². The van der Waals surface area contributed by atoms with Crippen LogP contribution in [0.5, 0.6) is 0 Å². The van der Waals surface area contributed by atoms with Crippen LogP contribution in [0.25, 0.3) is 6.08 Å². The predicted octanol–water partition coefficient (Wildman–Crippen LogP) is 3.64. The largest absolute Gasteiger partial charge is 0.505 e. The van der Waals surface area contributed by atoms with Crippen LogP contribution < -0.4 is 0 Å². The van der Waals surface area contributed by atoms with E-state index in [1.54, 1.807) is 19.9 Å². The number of esters is 1. The predicted molar refractivity (Wildman–Crippen MR) is 81.5 cm³/mol. The third-order valence-corrected chi connectivity index (χ3v) is 3.25. The number of nitrogens with zero attached hydrogens (tertiary/aromatic N) is 1. The van der Waals surface area contributed by atoms with Crippen molar-refractivity contribution in [2.45, 2.75) is 13.8 Å². The Kier molecular flexibility index (Phi) is 4.39. The Morgan fingerprint density at radius 3 is 2.90 bits per heavy atom. The van der Waals surface area contributed by atoms with Crippen molar-refractivity contribution >= 4 is 33.7 Å². The van der Waals surface area contributed by atoms with Crippen molar-refractivity contribution in [2.75, 3.05) is 6.61 Å². The summed E-state index contributed by atoms with van der Waals surface area (Å²) in [5, 5.41) is 10.1. The highest BCUT2D eigenvalue weighted by Crippen LogP contribution is 2.26. The molecule has 0 fully saturated rings. The average molecular weight is 336 g/mol. The average Bonchev–Trinajstić information content (AvgIpc) is 2.65. The zero-order valence-electron chi connectivity index (χ0n) is 11.2. The molecule has 0 saturated carbocycles. The SMILES string of the molecule is CCOC(=O)C1=C(O)/C(=C\c2cccc(Br)c2)N=C1C. The molecule has 1 aliphatic heterocycles. The molecule has 4 nitrogen and oxygen atoms in total. The maximum atomic E-state index is 11.8. The second kappa shape index (κ2) is 6.05. The first kappa shape index (κ1) is 14.5. The summed E-state index contributed by atoms with van der Waals surface area (Å²) in [6, 6.07) is 7.58. The fourth-order valence-electron chi connectivity index (χ4n) is 1.89. The van der Waals surface area contributed by atoms with E-state index in [0.717, 1.165) is 10.0 Å². The lowest BCUT2D eigenvalue weighted by Crippen LogP contribution is -2.13. The molecule has 0 aromatic heterocycles. The summed E-state index contributed by atoms with van der Waals surface area (Å²) in [5.74, 6) is -0.690. The van der Waals surface area contributed by atoms with E-state index in [1.807, 2.05) is 24.3 Å². The van der Waals surface area contributed by atoms with Gasteiger partial charge >= 0.3 is 5.97 Å². The molecule has 0 radical (unpaired) electrons. The molecule has 0 spiro atoms. The standard InChI is InChI=1S/C15H14BrNO3/c1-3-20-15(19)13-9(2)17-12(14(13)18)8-10-5-4-6-11(16)7-10/h4-8,18H,3H2,1-2H3/b12-8+. The van der Waals surface area contributed by atoms with Crippen molar-refractivity contribution in [1.82, 2.24) is 0 Å². The molecule has 0 aliphatic carbocycles. The molecule has 0 unspecified atom stereocenters. The third kappa shape index (κ3) is 2.99. The molecule has 2 rings (SSSR count). The highest BCUT2D eigenvalue weighted by molar-refractivity contribution is 9.10. The third-order valence-electron chi connectivity index (χ3n) is 2.76. The molecule has 1 aromatic rings. The number of halogens is 1. The maximum absolute atomic E-state index is 11.8. The summed E-state index contributed by atoms with van der Waals surface area (Å²) in [7, 11) is 0. The first-order valence-electron chi connectivity index (χ1n) is 6.16. The first-order chi connectivity index (χ1) is 9.52. The minimum absolute atomic E-state index is 0.132. The molecule has 0 atom stereocenters. The van der Waals surface area contributed by atoms with Crippen LogP contribution in [0.3, 0.4) is 0 Å². The lowest BCUT2D eigenvalue weighted by molar-refractivity contribution is -0.138. The van der Waals surface area contributed by atoms with Gasteiger partial charge in [-0.1, -0.05) is 28.1 Å². The van der Waals surface area contributed by atoms with Crippen LogP contribution in [0.15, 0.2) is 50.8 Å². The van der Waals surface area contributed by atoms with Crippen molar-refractivity contribution in [3.05, 3.63) is 51.3 Å². The Morgan fingerprint density at radius 2 is 2.25 bits per heavy atom. The van der Waals surface area contributed by atoms with Gasteiger partial charge in [0.05, 0.1) is 12.3 Å². The summed E-state index contributed by atoms with van der Waals surface area (Å²) in [4.78, 5) is 16.0. The van der Waals surface area contributed by atoms with Gasteiger partial charge in [-0.2, -0.15) is 0 Å². The molecule has 5 heteroatoms. The number of aliphatic hydroxyl groups excluding tert-OH is 1. The Morgan fingerprint density at radius 1 is 1.50 bits per heavy atom. The number of aliphatic imine (C=N–C) groups is 1. The Labute approximate surface area is 125 Å². The molecule has 20 heavy (non-hydrogen) atoms. The van der Waals surface area contributed by atoms with Gasteiger partial charge in [0.1, 0.15) is 11.3 Å². The van der Waals surface area contributed by atoms with Crippen LogP contribution in [0.1, 0.15) is 19.4 Å². The number of carbonyl (C=O) groups excluding carboxylic acids is 1. The van der Waals surface area contributed by atoms with Crippen LogP contribution in [0.2, 0.25) is 0 Å². The minimum atomic E-state index is -0.552. The fourth-order valence-corrected chi connectivity index (χ4v) is 2.31. The van der Waals surface area contributed by atoms with Gasteiger partial charge in [-0.05, 0) is 37.6 Å². The first-order valence-corrected chi connectivity index (χ1v) is 6.96. The fraction of sp³-hybridized carbons (Fsp3) is 0.200. The van der Waals surface area contributed by atoms with E-state index in [1.165, 1.54) is 0 Å². The van der Waals surface area contributed by atoms with Gasteiger partial charge in [-0.25, -0.2) is 9.79 Å². The second-order valence-electron chi connectivity index (χ2n) is 4.23. The van der Waals surface area contributed by atoms with Crippen molar-refractivity contribution in [2.24, 2.45) is 4.99 Å². The lowest BCUT2D eigenvalue weighted by Gasteiger charge is -2.02. The highest BCUT2D eigenvalue weighted by Gasteiger charge is 2.27. The molecule has 1 aromatic carbocycles. The summed E-state index contributed by atoms with van der Waals surface area (Å²) in [6.45, 7) is 3.65. The van der Waals surface area contributed by atoms with Gasteiger partial charge in [-0.15, -0.1) is 0 Å². The molecule has 0 amide bonds. The van der Waals surface area contributed by atoms with Gasteiger partial charge < -0.3 is 9.84 Å². The van der Waals surface area contributed by atoms with E-state index in [2.05, 4.69) is 20.9 Å². The Bertz CT molecular complexity index is 644. The number of aliphatic hydroxyl groups is 1. The number of benzene rings is 1. The topological polar surface area (TPSA) is 58.9 Å². The summed E-state index contributed by atoms with van der Waals surface area (Å²) in [5.41, 5.74) is 1.83. The van der Waals surface area contributed by atoms with E-state index in [9.17, 15) is 9.90 Å². The quantitative estimate of drug-likeness (QED) is 0.858. The van der Waals surface area contributed by atoms with Crippen molar-refractivity contribution < 1.29 is 14.6 Å². The molecule has 104 valence electrons. The highest BCUT2D eigenvalue weighted by atomic mass is 79.9. The van der Waals surface area contributed by atoms with Gasteiger partial charge in [0.25, 0.3) is 0 Å². The van der Waals surface area contributed by atoms with Gasteiger partial charge in [0.15, 0.2) is 5.76 Å². The normalized spacial score (nSPS) is 16.6. The molecular formula is C15H14BrNO3. The molecule has 1 N–H and O–H groups in total. The van der Waals surface area contributed by atoms with Gasteiger partial charge in [0.2, 0.25) is 0 Å². The number of carbonyl (C=O) groups is 1. The monoisotopic (exact) mass is 335 g/mol. The van der Waals surface area contributed by atoms with Gasteiger partial charge in [0, 0.05) is 4.47 Å². The molecule has 1 heterocycles. The zero-order valence-corrected chi connectivity index (χ0v) is 12.8. The van der Waals surface area contributed by atoms with Gasteiger partial charge in [-0.3, -0.25) is 0 Å². The number of rotatable bonds is 3. The van der Waals surface area contributed by atoms with Crippen molar-refractivity contribution in [3.63, 3.8) is 0 Å². The number of ether oxygens (including phenoxy) is 1. The van der Waals surface area contributed by atoms with Crippen LogP contribution in [0.4, 0.5) is 0 Å². The van der Waals surface area contributed by atoms with E-state index >= 15 is 0 Å². The molecule has 0 saturated heterocycles. The Balaban J connectivity index is 2.38. The van der Waals surface area contributed by atoms with E-state index in [4.69, 9.17) is 4.74 Å². The van der Waals surface area contributed by atoms with E-state index in [0.29, 0.717) is 11.4 Å². The van der Waals surface area contributed by atoms with Crippen molar-refractivity contribution in [1.29, 1.82) is 0 Å². The zero-order chi connectivity index (χ0) is 14.7. The van der Waals surface area contributed by atoms with Crippen LogP contribution in [-0.4, -0.2) is 23.4 Å². The van der Waals surface area contributed by atoms with E-state index < -0.39 is 5.97 Å². The summed E-state index contributed by atoms with van der Waals surface area (Å²) in [6.07, 6.45) is 1.72. The van der Waals surface area contributed by atoms with E-state index in [-0.39, 0.29) is 17.9 Å². The molecular weight excluding hydrogens is 322 g/mol. The number of hydrogen-bond acceptors (Lipinski definition) is 4. The van der Waals surface area contributed by atoms with Crippen LogP contribution >= 0.6 is 15.9 Å². The van der Waals surface area contributed by atoms with Crippen LogP contribution in [-0.2, 0) is 9.53 Å². The van der Waals surface area contributed by atoms with Crippen LogP contribution in [0, 0.1) is 0 Å². The lowest BCUT2D eigenvalue weighted by atomic mass is 10.1. The summed E-state index contributed by atoms with van der Waals surface area (Å²) >= 11 is 3.38. The number of hydrogen-bond donors (Lipinski definition) is 1. The molecule has 0 bridgehead atoms. The molecule has 1 aliphatic rings. The maximum Gasteiger partial charge on any atom is 0.343 e. The minimum Gasteiger partial charge on any atom is -0.505 e. The summed E-state index contributed by atoms with van der Waals surface area (Å²) < 4.78 is 5.84. The smallest absolute Gasteiger partial charge is 0.343 e. The Hall–Kier alpha value is -1.88. The second-order valence-corrected chi connectivity index (χ2v) is 5.14.